The fourth-order valence-electron chi connectivity index (χ4n) is 2.82. The van der Waals surface area contributed by atoms with Crippen LogP contribution in [0, 0.1) is 12.8 Å². The van der Waals surface area contributed by atoms with Crippen molar-refractivity contribution in [3.05, 3.63) is 42.2 Å². The van der Waals surface area contributed by atoms with E-state index in [0.29, 0.717) is 0 Å². The number of carboxylic acid groups (broad SMARTS) is 2. The Morgan fingerprint density at radius 2 is 1.75 bits per heavy atom. The molecule has 0 aliphatic rings. The van der Waals surface area contributed by atoms with Crippen LogP contribution in [0.4, 0.5) is 0 Å². The number of fused-ring (bicyclic) bond motifs is 3. The summed E-state index contributed by atoms with van der Waals surface area (Å²) in [5.74, 6) is -6.38. The zero-order chi connectivity index (χ0) is 21.0. The fourth-order valence-corrected chi connectivity index (χ4v) is 2.82. The van der Waals surface area contributed by atoms with Gasteiger partial charge in [0.2, 0.25) is 5.91 Å². The molecule has 0 saturated carbocycles. The SMILES string of the molecule is COn1c2ccccc2c2ccnc(C)c21.NC(=O)C(C(=O)O)C(N)C(=O)O. The molecule has 3 rings (SSSR count). The van der Waals surface area contributed by atoms with Gasteiger partial charge in [0.1, 0.15) is 18.7 Å². The minimum absolute atomic E-state index is 0.982. The first-order valence-corrected chi connectivity index (χ1v) is 8.10. The monoisotopic (exact) mass is 388 g/mol. The van der Waals surface area contributed by atoms with Crippen LogP contribution in [0.15, 0.2) is 36.5 Å². The van der Waals surface area contributed by atoms with E-state index in [1.165, 1.54) is 10.8 Å². The van der Waals surface area contributed by atoms with E-state index in [9.17, 15) is 14.4 Å². The molecular weight excluding hydrogens is 368 g/mol. The summed E-state index contributed by atoms with van der Waals surface area (Å²) >= 11 is 0. The number of pyridine rings is 1. The molecule has 2 unspecified atom stereocenters. The van der Waals surface area contributed by atoms with Crippen LogP contribution in [0.3, 0.4) is 0 Å². The highest BCUT2D eigenvalue weighted by Crippen LogP contribution is 2.28. The van der Waals surface area contributed by atoms with Crippen molar-refractivity contribution in [3.63, 3.8) is 0 Å². The number of nitrogens with zero attached hydrogens (tertiary/aromatic N) is 2. The minimum Gasteiger partial charge on any atom is -0.481 e. The first-order chi connectivity index (χ1) is 13.2. The molecule has 2 atom stereocenters. The van der Waals surface area contributed by atoms with Crippen LogP contribution in [0.25, 0.3) is 21.8 Å². The van der Waals surface area contributed by atoms with Crippen molar-refractivity contribution >= 4 is 39.7 Å². The smallest absolute Gasteiger partial charge is 0.321 e. The Hall–Kier alpha value is -3.66. The molecule has 0 radical (unpaired) electrons. The number of carbonyl (C=O) groups is 3. The number of aryl methyl sites for hydroxylation is 1. The van der Waals surface area contributed by atoms with Gasteiger partial charge < -0.3 is 26.5 Å². The van der Waals surface area contributed by atoms with Gasteiger partial charge in [-0.3, -0.25) is 19.4 Å². The zero-order valence-electron chi connectivity index (χ0n) is 15.2. The summed E-state index contributed by atoms with van der Waals surface area (Å²) in [4.78, 5) is 40.5. The first-order valence-electron chi connectivity index (χ1n) is 8.10. The zero-order valence-corrected chi connectivity index (χ0v) is 15.2. The molecule has 0 aliphatic heterocycles. The van der Waals surface area contributed by atoms with Crippen LogP contribution in [0.5, 0.6) is 0 Å². The van der Waals surface area contributed by atoms with E-state index in [4.69, 9.17) is 20.8 Å². The molecule has 0 aliphatic carbocycles. The summed E-state index contributed by atoms with van der Waals surface area (Å²) in [7, 11) is 1.68. The lowest BCUT2D eigenvalue weighted by molar-refractivity contribution is -0.153. The second-order valence-corrected chi connectivity index (χ2v) is 5.87. The second-order valence-electron chi connectivity index (χ2n) is 5.87. The number of benzene rings is 1. The van der Waals surface area contributed by atoms with Crippen LogP contribution < -0.4 is 16.3 Å². The number of hydrogen-bond acceptors (Lipinski definition) is 6. The predicted molar refractivity (Wildman–Crippen MR) is 100 cm³/mol. The van der Waals surface area contributed by atoms with Crippen LogP contribution in [0.2, 0.25) is 0 Å². The number of carboxylic acids is 2. The molecule has 0 fully saturated rings. The second kappa shape index (κ2) is 8.35. The highest BCUT2D eigenvalue weighted by atomic mass is 16.6. The van der Waals surface area contributed by atoms with Crippen molar-refractivity contribution in [2.75, 3.05) is 7.11 Å². The van der Waals surface area contributed by atoms with Crippen molar-refractivity contribution in [3.8, 4) is 0 Å². The third-order valence-corrected chi connectivity index (χ3v) is 4.12. The Morgan fingerprint density at radius 3 is 2.25 bits per heavy atom. The normalized spacial score (nSPS) is 12.7. The molecule has 6 N–H and O–H groups in total. The Labute approximate surface area is 159 Å². The van der Waals surface area contributed by atoms with Gasteiger partial charge in [0, 0.05) is 17.0 Å². The molecule has 0 bridgehead atoms. The maximum absolute atomic E-state index is 10.4. The lowest BCUT2D eigenvalue weighted by Crippen LogP contribution is -2.48. The molecule has 10 heteroatoms. The molecule has 148 valence electrons. The molecule has 2 heterocycles. The van der Waals surface area contributed by atoms with Crippen LogP contribution in [-0.2, 0) is 14.4 Å². The number of nitrogens with two attached hydrogens (primary N) is 2. The van der Waals surface area contributed by atoms with Gasteiger partial charge in [-0.05, 0) is 19.1 Å². The maximum atomic E-state index is 10.4. The van der Waals surface area contributed by atoms with Gasteiger partial charge in [0.05, 0.1) is 11.2 Å². The molecule has 1 amide bonds. The quantitative estimate of drug-likeness (QED) is 0.447. The topological polar surface area (TPSA) is 171 Å². The lowest BCUT2D eigenvalue weighted by atomic mass is 10.0. The number of carbonyl (C=O) groups excluding carboxylic acids is 1. The Balaban J connectivity index is 0.000000211. The van der Waals surface area contributed by atoms with Gasteiger partial charge in [0.25, 0.3) is 0 Å². The van der Waals surface area contributed by atoms with Crippen molar-refractivity contribution in [1.82, 2.24) is 9.71 Å². The molecule has 0 spiro atoms. The Bertz CT molecular complexity index is 1030. The van der Waals surface area contributed by atoms with E-state index >= 15 is 0 Å². The summed E-state index contributed by atoms with van der Waals surface area (Å²) in [5.41, 5.74) is 12.6. The summed E-state index contributed by atoms with van der Waals surface area (Å²) < 4.78 is 1.84. The van der Waals surface area contributed by atoms with E-state index in [2.05, 4.69) is 22.9 Å². The Morgan fingerprint density at radius 1 is 1.11 bits per heavy atom. The van der Waals surface area contributed by atoms with Crippen molar-refractivity contribution in [2.45, 2.75) is 13.0 Å². The minimum atomic E-state index is -1.89. The first kappa shape index (κ1) is 20.6. The standard InChI is InChI=1S/C13H12N2O.C5H8N2O5/c1-9-13-11(7-8-14-9)10-5-3-4-6-12(10)15(13)16-2;6-2(5(11)12)1(3(7)8)4(9)10/h3-8H,1-2H3;1-2H,6H2,(H2,7,8)(H,9,10)(H,11,12). The van der Waals surface area contributed by atoms with Crippen LogP contribution in [-0.4, -0.2) is 50.9 Å². The van der Waals surface area contributed by atoms with E-state index in [0.717, 1.165) is 16.7 Å². The van der Waals surface area contributed by atoms with Gasteiger partial charge in [-0.2, -0.15) is 4.73 Å². The summed E-state index contributed by atoms with van der Waals surface area (Å²) in [6.45, 7) is 2.00. The van der Waals surface area contributed by atoms with Crippen molar-refractivity contribution in [1.29, 1.82) is 0 Å². The lowest BCUT2D eigenvalue weighted by Gasteiger charge is -2.11. The van der Waals surface area contributed by atoms with E-state index in [1.54, 1.807) is 7.11 Å². The van der Waals surface area contributed by atoms with Gasteiger partial charge in [-0.15, -0.1) is 0 Å². The largest absolute Gasteiger partial charge is 0.481 e. The molecule has 1 aromatic carbocycles. The molecule has 0 saturated heterocycles. The number of rotatable bonds is 5. The number of aliphatic carboxylic acids is 2. The number of para-hydroxylation sites is 1. The van der Waals surface area contributed by atoms with Crippen molar-refractivity contribution in [2.24, 2.45) is 17.4 Å². The van der Waals surface area contributed by atoms with Gasteiger partial charge in [-0.1, -0.05) is 18.2 Å². The number of amides is 1. The molecule has 10 nitrogen and oxygen atoms in total. The maximum Gasteiger partial charge on any atom is 0.321 e. The molecule has 3 aromatic rings. The third-order valence-electron chi connectivity index (χ3n) is 4.12. The molecule has 28 heavy (non-hydrogen) atoms. The summed E-state index contributed by atoms with van der Waals surface area (Å²) in [6.07, 6.45) is 1.84. The summed E-state index contributed by atoms with van der Waals surface area (Å²) in [6, 6.07) is 8.43. The van der Waals surface area contributed by atoms with Gasteiger partial charge >= 0.3 is 11.9 Å². The van der Waals surface area contributed by atoms with Gasteiger partial charge in [-0.25, -0.2) is 0 Å². The van der Waals surface area contributed by atoms with E-state index in [1.807, 2.05) is 36.1 Å². The predicted octanol–water partition coefficient (Wildman–Crippen LogP) is 0.141. The number of hydrogen-bond donors (Lipinski definition) is 4. The molecule has 2 aromatic heterocycles. The Kier molecular flexibility index (Phi) is 6.16. The number of aromatic nitrogens is 2. The van der Waals surface area contributed by atoms with Crippen molar-refractivity contribution < 1.29 is 29.4 Å². The van der Waals surface area contributed by atoms with Crippen LogP contribution in [0.1, 0.15) is 5.69 Å². The molecular formula is C18H20N4O6. The number of primary amides is 1. The van der Waals surface area contributed by atoms with Gasteiger partial charge in [0.15, 0.2) is 5.92 Å². The average Bonchev–Trinajstić information content (AvgIpc) is 2.97. The highest BCUT2D eigenvalue weighted by Gasteiger charge is 2.35. The average molecular weight is 388 g/mol. The highest BCUT2D eigenvalue weighted by molar-refractivity contribution is 6.08. The van der Waals surface area contributed by atoms with Crippen LogP contribution >= 0.6 is 0 Å². The summed E-state index contributed by atoms with van der Waals surface area (Å²) in [5, 5.41) is 19.0. The van der Waals surface area contributed by atoms with E-state index < -0.39 is 29.8 Å². The third kappa shape index (κ3) is 3.86. The fraction of sp³-hybridized carbons (Fsp3) is 0.222. The van der Waals surface area contributed by atoms with E-state index in [-0.39, 0.29) is 0 Å².